The molecule has 28 heavy (non-hydrogen) atoms. The zero-order chi connectivity index (χ0) is 20.3. The van der Waals surface area contributed by atoms with E-state index in [1.807, 2.05) is 0 Å². The van der Waals surface area contributed by atoms with Gasteiger partial charge in [-0.1, -0.05) is 26.2 Å². The summed E-state index contributed by atoms with van der Waals surface area (Å²) in [4.78, 5) is 23.8. The van der Waals surface area contributed by atoms with Gasteiger partial charge >= 0.3 is 0 Å². The average Bonchev–Trinajstić information content (AvgIpc) is 3.01. The van der Waals surface area contributed by atoms with E-state index in [0.29, 0.717) is 59.5 Å². The molecule has 0 saturated heterocycles. The molecule has 0 atom stereocenters. The molecule has 0 fully saturated rings. The second-order valence-electron chi connectivity index (χ2n) is 6.28. The van der Waals surface area contributed by atoms with Crippen LogP contribution in [0.1, 0.15) is 32.6 Å². The van der Waals surface area contributed by atoms with E-state index in [1.54, 1.807) is 0 Å². The van der Waals surface area contributed by atoms with Crippen molar-refractivity contribution in [2.24, 2.45) is 0 Å². The van der Waals surface area contributed by atoms with E-state index >= 15 is 0 Å². The fraction of sp³-hybridized carbons (Fsp3) is 0.800. The molecule has 0 aromatic carbocycles. The molecular formula is C20H35NO7. The normalized spacial score (nSPS) is 13.8. The van der Waals surface area contributed by atoms with Crippen LogP contribution in [-0.2, 0) is 33.3 Å². The van der Waals surface area contributed by atoms with Gasteiger partial charge in [0.2, 0.25) is 0 Å². The molecule has 0 aliphatic carbocycles. The predicted octanol–water partition coefficient (Wildman–Crippen LogP) is 1.57. The van der Waals surface area contributed by atoms with Crippen molar-refractivity contribution in [1.29, 1.82) is 0 Å². The summed E-state index contributed by atoms with van der Waals surface area (Å²) in [5.74, 6) is -0.582. The molecule has 0 unspecified atom stereocenters. The first-order valence-electron chi connectivity index (χ1n) is 10.2. The molecule has 1 heterocycles. The highest BCUT2D eigenvalue weighted by Gasteiger charge is 2.22. The summed E-state index contributed by atoms with van der Waals surface area (Å²) in [6.45, 7) is 7.71. The van der Waals surface area contributed by atoms with E-state index in [9.17, 15) is 9.59 Å². The van der Waals surface area contributed by atoms with Gasteiger partial charge in [0.1, 0.15) is 0 Å². The summed E-state index contributed by atoms with van der Waals surface area (Å²) in [6, 6.07) is 0. The van der Waals surface area contributed by atoms with Crippen LogP contribution in [-0.4, -0.2) is 89.3 Å². The summed E-state index contributed by atoms with van der Waals surface area (Å²) in [5, 5.41) is 0. The second kappa shape index (κ2) is 17.8. The number of carbonyl (C=O) groups excluding carboxylic acids is 2. The van der Waals surface area contributed by atoms with Gasteiger partial charge in [0, 0.05) is 18.8 Å². The Morgan fingerprint density at radius 2 is 1.04 bits per heavy atom. The first kappa shape index (κ1) is 24.7. The van der Waals surface area contributed by atoms with E-state index in [2.05, 4.69) is 6.92 Å². The van der Waals surface area contributed by atoms with Gasteiger partial charge in [-0.25, -0.2) is 0 Å². The van der Waals surface area contributed by atoms with E-state index in [4.69, 9.17) is 23.7 Å². The fourth-order valence-corrected chi connectivity index (χ4v) is 2.42. The Bertz CT molecular complexity index is 424. The van der Waals surface area contributed by atoms with Gasteiger partial charge in [-0.3, -0.25) is 14.5 Å². The highest BCUT2D eigenvalue weighted by Crippen LogP contribution is 2.02. The molecule has 0 aromatic heterocycles. The van der Waals surface area contributed by atoms with Gasteiger partial charge in [-0.05, 0) is 6.42 Å². The quantitative estimate of drug-likeness (QED) is 0.226. The summed E-state index contributed by atoms with van der Waals surface area (Å²) >= 11 is 0. The molecule has 162 valence electrons. The lowest BCUT2D eigenvalue weighted by molar-refractivity contribution is -0.137. The lowest BCUT2D eigenvalue weighted by Crippen LogP contribution is -2.33. The standard InChI is InChI=1S/C20H35NO7/c1-2-3-4-5-9-24-11-13-26-15-17-28-18-16-27-14-12-25-10-8-21-19(22)6-7-20(21)23/h6-7H,2-5,8-18H2,1H3. The summed E-state index contributed by atoms with van der Waals surface area (Å²) in [5.41, 5.74) is 0. The van der Waals surface area contributed by atoms with Crippen molar-refractivity contribution < 1.29 is 33.3 Å². The lowest BCUT2D eigenvalue weighted by atomic mass is 10.2. The van der Waals surface area contributed by atoms with Gasteiger partial charge in [-0.2, -0.15) is 0 Å². The summed E-state index contributed by atoms with van der Waals surface area (Å²) in [6.07, 6.45) is 7.40. The first-order chi connectivity index (χ1) is 13.8. The Morgan fingerprint density at radius 3 is 1.50 bits per heavy atom. The van der Waals surface area contributed by atoms with E-state index in [0.717, 1.165) is 17.9 Å². The number of rotatable bonds is 20. The Balaban J connectivity index is 1.70. The molecule has 2 amide bonds. The fourth-order valence-electron chi connectivity index (χ4n) is 2.42. The predicted molar refractivity (Wildman–Crippen MR) is 104 cm³/mol. The van der Waals surface area contributed by atoms with Crippen molar-refractivity contribution in [3.63, 3.8) is 0 Å². The third kappa shape index (κ3) is 13.0. The number of nitrogens with zero attached hydrogens (tertiary/aromatic N) is 1. The van der Waals surface area contributed by atoms with Gasteiger partial charge in [0.05, 0.1) is 66.0 Å². The molecule has 1 rings (SSSR count). The molecule has 0 bridgehead atoms. The van der Waals surface area contributed by atoms with Gasteiger partial charge < -0.3 is 23.7 Å². The smallest absolute Gasteiger partial charge is 0.253 e. The van der Waals surface area contributed by atoms with Crippen LogP contribution in [0.15, 0.2) is 12.2 Å². The number of unbranched alkanes of at least 4 members (excludes halogenated alkanes) is 3. The number of imide groups is 1. The van der Waals surface area contributed by atoms with Crippen molar-refractivity contribution in [2.75, 3.05) is 72.6 Å². The number of hydrogen-bond donors (Lipinski definition) is 0. The van der Waals surface area contributed by atoms with Crippen LogP contribution in [0.25, 0.3) is 0 Å². The average molecular weight is 402 g/mol. The Morgan fingerprint density at radius 1 is 0.607 bits per heavy atom. The summed E-state index contributed by atoms with van der Waals surface area (Å²) in [7, 11) is 0. The Hall–Kier alpha value is -1.32. The minimum absolute atomic E-state index is 0.262. The zero-order valence-corrected chi connectivity index (χ0v) is 17.1. The minimum atomic E-state index is -0.291. The van der Waals surface area contributed by atoms with Gasteiger partial charge in [0.15, 0.2) is 0 Å². The van der Waals surface area contributed by atoms with Crippen molar-refractivity contribution in [3.05, 3.63) is 12.2 Å². The molecule has 8 nitrogen and oxygen atoms in total. The molecule has 0 radical (unpaired) electrons. The third-order valence-electron chi connectivity index (χ3n) is 3.99. The van der Waals surface area contributed by atoms with E-state index in [-0.39, 0.29) is 18.4 Å². The molecular weight excluding hydrogens is 366 g/mol. The maximum Gasteiger partial charge on any atom is 0.253 e. The van der Waals surface area contributed by atoms with Crippen molar-refractivity contribution in [2.45, 2.75) is 32.6 Å². The zero-order valence-electron chi connectivity index (χ0n) is 17.1. The largest absolute Gasteiger partial charge is 0.379 e. The monoisotopic (exact) mass is 401 g/mol. The molecule has 0 spiro atoms. The maximum atomic E-state index is 11.3. The SMILES string of the molecule is CCCCCCOCCOCCOCCOCCOCCN1C(=O)C=CC1=O. The van der Waals surface area contributed by atoms with E-state index in [1.165, 1.54) is 31.4 Å². The van der Waals surface area contributed by atoms with Crippen LogP contribution in [0.2, 0.25) is 0 Å². The summed E-state index contributed by atoms with van der Waals surface area (Å²) < 4.78 is 27.0. The Labute approximate surface area is 168 Å². The van der Waals surface area contributed by atoms with Crippen LogP contribution in [0, 0.1) is 0 Å². The number of amides is 2. The van der Waals surface area contributed by atoms with Crippen molar-refractivity contribution in [1.82, 2.24) is 4.90 Å². The van der Waals surface area contributed by atoms with Crippen LogP contribution < -0.4 is 0 Å². The number of carbonyl (C=O) groups is 2. The highest BCUT2D eigenvalue weighted by molar-refractivity contribution is 6.12. The number of ether oxygens (including phenoxy) is 5. The highest BCUT2D eigenvalue weighted by atomic mass is 16.6. The second-order valence-corrected chi connectivity index (χ2v) is 6.28. The van der Waals surface area contributed by atoms with Crippen LogP contribution >= 0.6 is 0 Å². The topological polar surface area (TPSA) is 83.5 Å². The van der Waals surface area contributed by atoms with Crippen LogP contribution in [0.4, 0.5) is 0 Å². The molecule has 0 saturated carbocycles. The first-order valence-corrected chi connectivity index (χ1v) is 10.2. The maximum absolute atomic E-state index is 11.3. The number of hydrogen-bond acceptors (Lipinski definition) is 7. The third-order valence-corrected chi connectivity index (χ3v) is 3.99. The molecule has 0 N–H and O–H groups in total. The van der Waals surface area contributed by atoms with E-state index < -0.39 is 0 Å². The molecule has 1 aliphatic rings. The Kier molecular flexibility index (Phi) is 15.7. The lowest BCUT2D eigenvalue weighted by Gasteiger charge is -2.13. The van der Waals surface area contributed by atoms with Gasteiger partial charge in [0.25, 0.3) is 11.8 Å². The van der Waals surface area contributed by atoms with Crippen LogP contribution in [0.3, 0.4) is 0 Å². The van der Waals surface area contributed by atoms with Crippen molar-refractivity contribution in [3.8, 4) is 0 Å². The molecule has 8 heteroatoms. The van der Waals surface area contributed by atoms with Gasteiger partial charge in [-0.15, -0.1) is 0 Å². The van der Waals surface area contributed by atoms with Crippen LogP contribution in [0.5, 0.6) is 0 Å². The van der Waals surface area contributed by atoms with Crippen molar-refractivity contribution >= 4 is 11.8 Å². The molecule has 0 aromatic rings. The molecule has 1 aliphatic heterocycles. The minimum Gasteiger partial charge on any atom is -0.379 e.